The molecule has 6 nitrogen and oxygen atoms in total. The van der Waals surface area contributed by atoms with Crippen molar-refractivity contribution in [2.45, 2.75) is 109 Å². The van der Waals surface area contributed by atoms with E-state index in [1.54, 1.807) is 12.1 Å². The van der Waals surface area contributed by atoms with E-state index in [-0.39, 0.29) is 29.1 Å². The lowest BCUT2D eigenvalue weighted by molar-refractivity contribution is -0.141. The molecule has 1 aromatic carbocycles. The number of fused-ring (bicyclic) bond motifs is 2. The zero-order valence-corrected chi connectivity index (χ0v) is 24.3. The molecule has 2 aromatic rings. The van der Waals surface area contributed by atoms with E-state index in [1.807, 2.05) is 6.07 Å². The maximum atomic E-state index is 14.3. The lowest BCUT2D eigenvalue weighted by Gasteiger charge is -2.41. The highest BCUT2D eigenvalue weighted by molar-refractivity contribution is 5.74. The second-order valence-corrected chi connectivity index (χ2v) is 12.5. The number of carbonyl (C=O) groups is 1. The third-order valence-electron chi connectivity index (χ3n) is 10.3. The molecule has 5 atom stereocenters. The molecule has 3 aliphatic rings. The molecule has 2 fully saturated rings. The largest absolute Gasteiger partial charge is 0.480 e. The summed E-state index contributed by atoms with van der Waals surface area (Å²) in [6, 6.07) is 6.58. The van der Waals surface area contributed by atoms with Gasteiger partial charge in [-0.15, -0.1) is 0 Å². The summed E-state index contributed by atoms with van der Waals surface area (Å²) in [5.74, 6) is -0.449. The number of rotatable bonds is 10. The predicted molar refractivity (Wildman–Crippen MR) is 153 cm³/mol. The van der Waals surface area contributed by atoms with Crippen LogP contribution in [0, 0.1) is 17.7 Å². The summed E-state index contributed by atoms with van der Waals surface area (Å²) < 4.78 is 16.6. The zero-order valence-electron chi connectivity index (χ0n) is 24.3. The fourth-order valence-electron chi connectivity index (χ4n) is 8.00. The summed E-state index contributed by atoms with van der Waals surface area (Å²) >= 11 is 0. The van der Waals surface area contributed by atoms with Crippen LogP contribution in [0.2, 0.25) is 0 Å². The normalized spacial score (nSPS) is 26.1. The highest BCUT2D eigenvalue weighted by Crippen LogP contribution is 2.49. The van der Waals surface area contributed by atoms with Crippen LogP contribution in [0.4, 0.5) is 4.39 Å². The minimum absolute atomic E-state index is 0.0367. The van der Waals surface area contributed by atoms with E-state index in [0.29, 0.717) is 5.92 Å². The maximum Gasteiger partial charge on any atom is 0.320 e. The van der Waals surface area contributed by atoms with Crippen LogP contribution in [-0.4, -0.2) is 57.5 Å². The Hall–Kier alpha value is -2.25. The van der Waals surface area contributed by atoms with Gasteiger partial charge in [0.05, 0.1) is 5.69 Å². The van der Waals surface area contributed by atoms with Crippen molar-refractivity contribution in [1.82, 2.24) is 20.0 Å². The number of benzene rings is 1. The van der Waals surface area contributed by atoms with Gasteiger partial charge in [0.1, 0.15) is 11.9 Å². The molecular formula is C32H47FN4O2. The van der Waals surface area contributed by atoms with Gasteiger partial charge in [-0.3, -0.25) is 9.48 Å². The van der Waals surface area contributed by atoms with Gasteiger partial charge in [0.2, 0.25) is 0 Å². The summed E-state index contributed by atoms with van der Waals surface area (Å²) in [7, 11) is 0. The van der Waals surface area contributed by atoms with E-state index in [4.69, 9.17) is 5.10 Å². The highest BCUT2D eigenvalue weighted by atomic mass is 19.1. The summed E-state index contributed by atoms with van der Waals surface area (Å²) in [6.45, 7) is 12.5. The lowest BCUT2D eigenvalue weighted by Crippen LogP contribution is -2.46. The first-order valence-corrected chi connectivity index (χ1v) is 15.3. The van der Waals surface area contributed by atoms with Gasteiger partial charge in [0, 0.05) is 30.2 Å². The number of aryl methyl sites for hydroxylation is 2. The van der Waals surface area contributed by atoms with Crippen molar-refractivity contribution in [3.63, 3.8) is 0 Å². The van der Waals surface area contributed by atoms with Crippen molar-refractivity contribution in [2.24, 2.45) is 11.8 Å². The minimum atomic E-state index is -0.769. The van der Waals surface area contributed by atoms with E-state index in [1.165, 1.54) is 29.4 Å². The van der Waals surface area contributed by atoms with Crippen LogP contribution < -0.4 is 5.32 Å². The Morgan fingerprint density at radius 3 is 2.62 bits per heavy atom. The number of halogens is 1. The Labute approximate surface area is 233 Å². The molecule has 2 heterocycles. The van der Waals surface area contributed by atoms with Gasteiger partial charge in [0.25, 0.3) is 0 Å². The van der Waals surface area contributed by atoms with Gasteiger partial charge in [-0.05, 0) is 119 Å². The van der Waals surface area contributed by atoms with Gasteiger partial charge in [-0.25, -0.2) is 4.39 Å². The Kier molecular flexibility index (Phi) is 8.48. The number of piperidine rings is 1. The average molecular weight is 539 g/mol. The summed E-state index contributed by atoms with van der Waals surface area (Å²) in [6.07, 6.45) is 8.24. The molecule has 5 rings (SSSR count). The number of aromatic nitrogens is 2. The first kappa shape index (κ1) is 28.3. The lowest BCUT2D eigenvalue weighted by atomic mass is 9.75. The number of nitrogens with one attached hydrogen (secondary N) is 1. The first-order valence-electron chi connectivity index (χ1n) is 15.3. The highest BCUT2D eigenvalue weighted by Gasteiger charge is 2.47. The van der Waals surface area contributed by atoms with Crippen molar-refractivity contribution in [1.29, 1.82) is 0 Å². The SMILES string of the molecule is CCc1nn(CC)c2c1CCC21CCN(C[C@H]2C[C@H]([C@H](NC(C)CC)C(=O)O)C[C@@H]2c2cccc(F)c2)CC1. The zero-order chi connectivity index (χ0) is 27.7. The van der Waals surface area contributed by atoms with Crippen LogP contribution in [-0.2, 0) is 29.6 Å². The monoisotopic (exact) mass is 538 g/mol. The third-order valence-corrected chi connectivity index (χ3v) is 10.3. The molecule has 214 valence electrons. The van der Waals surface area contributed by atoms with Crippen LogP contribution in [0.5, 0.6) is 0 Å². The standard InChI is InChI=1S/C32H47FN4O2/c1-5-21(4)34-29(31(38)39)23-17-24(27(19-23)22-9-8-10-25(33)18-22)20-36-15-13-32(14-16-36)12-11-26-28(6-2)35-37(7-3)30(26)32/h8-10,18,21,23-24,27,29,34H,5-7,11-17,19-20H2,1-4H3,(H,38,39)/t21?,23-,24+,27+,29-/m0/s1. The molecule has 7 heteroatoms. The summed E-state index contributed by atoms with van der Waals surface area (Å²) in [5, 5.41) is 18.4. The second-order valence-electron chi connectivity index (χ2n) is 12.5. The number of carboxylic acid groups (broad SMARTS) is 1. The third kappa shape index (κ3) is 5.54. The number of hydrogen-bond acceptors (Lipinski definition) is 4. The smallest absolute Gasteiger partial charge is 0.320 e. The van der Waals surface area contributed by atoms with Crippen LogP contribution in [0.25, 0.3) is 0 Å². The Morgan fingerprint density at radius 1 is 1.21 bits per heavy atom. The van der Waals surface area contributed by atoms with Crippen molar-refractivity contribution in [3.05, 3.63) is 52.6 Å². The Balaban J connectivity index is 1.32. The van der Waals surface area contributed by atoms with E-state index >= 15 is 0 Å². The molecule has 2 aliphatic carbocycles. The van der Waals surface area contributed by atoms with Crippen molar-refractivity contribution >= 4 is 5.97 Å². The van der Waals surface area contributed by atoms with Gasteiger partial charge >= 0.3 is 5.97 Å². The van der Waals surface area contributed by atoms with E-state index in [0.717, 1.165) is 76.7 Å². The molecule has 0 amide bonds. The van der Waals surface area contributed by atoms with Gasteiger partial charge in [-0.1, -0.05) is 26.0 Å². The fraction of sp³-hybridized carbons (Fsp3) is 0.688. The number of nitrogens with zero attached hydrogens (tertiary/aromatic N) is 3. The number of likely N-dealkylation sites (tertiary alicyclic amines) is 1. The van der Waals surface area contributed by atoms with Gasteiger partial charge in [0.15, 0.2) is 0 Å². The molecule has 1 aliphatic heterocycles. The van der Waals surface area contributed by atoms with Crippen LogP contribution >= 0.6 is 0 Å². The van der Waals surface area contributed by atoms with Crippen LogP contribution in [0.15, 0.2) is 24.3 Å². The number of aliphatic carboxylic acids is 1. The second kappa shape index (κ2) is 11.7. The molecule has 2 N–H and O–H groups in total. The van der Waals surface area contributed by atoms with Crippen molar-refractivity contribution in [3.8, 4) is 0 Å². The van der Waals surface area contributed by atoms with E-state index in [9.17, 15) is 14.3 Å². The molecule has 0 radical (unpaired) electrons. The molecule has 1 saturated heterocycles. The maximum absolute atomic E-state index is 14.3. The van der Waals surface area contributed by atoms with Gasteiger partial charge < -0.3 is 15.3 Å². The Bertz CT molecular complexity index is 1160. The van der Waals surface area contributed by atoms with Crippen LogP contribution in [0.1, 0.15) is 94.7 Å². The molecular weight excluding hydrogens is 491 g/mol. The van der Waals surface area contributed by atoms with Crippen molar-refractivity contribution < 1.29 is 14.3 Å². The summed E-state index contributed by atoms with van der Waals surface area (Å²) in [4.78, 5) is 14.9. The molecule has 1 aromatic heterocycles. The van der Waals surface area contributed by atoms with Crippen LogP contribution in [0.3, 0.4) is 0 Å². The molecule has 1 saturated carbocycles. The first-order chi connectivity index (χ1) is 18.8. The molecule has 1 spiro atoms. The quantitative estimate of drug-likeness (QED) is 0.416. The fourth-order valence-corrected chi connectivity index (χ4v) is 8.00. The summed E-state index contributed by atoms with van der Waals surface area (Å²) in [5.41, 5.74) is 5.59. The average Bonchev–Trinajstić information content (AvgIpc) is 3.62. The van der Waals surface area contributed by atoms with Crippen molar-refractivity contribution in [2.75, 3.05) is 19.6 Å². The topological polar surface area (TPSA) is 70.4 Å². The Morgan fingerprint density at radius 2 is 1.97 bits per heavy atom. The van der Waals surface area contributed by atoms with E-state index in [2.05, 4.69) is 42.6 Å². The predicted octanol–water partition coefficient (Wildman–Crippen LogP) is 5.54. The molecule has 39 heavy (non-hydrogen) atoms. The van der Waals surface area contributed by atoms with E-state index < -0.39 is 12.0 Å². The minimum Gasteiger partial charge on any atom is -0.480 e. The van der Waals surface area contributed by atoms with Gasteiger partial charge in [-0.2, -0.15) is 5.10 Å². The molecule has 0 bridgehead atoms. The number of hydrogen-bond donors (Lipinski definition) is 2. The molecule has 1 unspecified atom stereocenters. The number of carboxylic acids is 1.